The molecule has 0 aromatic heterocycles. The Morgan fingerprint density at radius 2 is 1.83 bits per heavy atom. The highest BCUT2D eigenvalue weighted by Crippen LogP contribution is 2.34. The van der Waals surface area contributed by atoms with Crippen molar-refractivity contribution in [2.24, 2.45) is 11.7 Å². The SMILES string of the molecule is CC(C)[C@H](C)S[C@@H](C(N)=O)c1ccc(C#N)cc1. The summed E-state index contributed by atoms with van der Waals surface area (Å²) in [4.78, 5) is 11.5. The zero-order valence-corrected chi connectivity index (χ0v) is 11.7. The average Bonchev–Trinajstić information content (AvgIpc) is 2.35. The van der Waals surface area contributed by atoms with E-state index < -0.39 is 0 Å². The highest BCUT2D eigenvalue weighted by molar-refractivity contribution is 8.00. The number of thioether (sulfide) groups is 1. The number of amides is 1. The quantitative estimate of drug-likeness (QED) is 0.887. The predicted molar refractivity (Wildman–Crippen MR) is 75.0 cm³/mol. The van der Waals surface area contributed by atoms with Gasteiger partial charge >= 0.3 is 0 Å². The van der Waals surface area contributed by atoms with E-state index in [0.717, 1.165) is 5.56 Å². The second-order valence-corrected chi connectivity index (χ2v) is 6.09. The van der Waals surface area contributed by atoms with Gasteiger partial charge in [0.25, 0.3) is 0 Å². The average molecular weight is 262 g/mol. The van der Waals surface area contributed by atoms with Crippen molar-refractivity contribution in [1.29, 1.82) is 5.26 Å². The molecule has 1 amide bonds. The minimum absolute atomic E-state index is 0.336. The van der Waals surface area contributed by atoms with Crippen LogP contribution >= 0.6 is 11.8 Å². The van der Waals surface area contributed by atoms with Gasteiger partial charge in [-0.15, -0.1) is 11.8 Å². The summed E-state index contributed by atoms with van der Waals surface area (Å²) in [5.41, 5.74) is 6.91. The van der Waals surface area contributed by atoms with Crippen LogP contribution in [0, 0.1) is 17.2 Å². The third-order valence-corrected chi connectivity index (χ3v) is 4.64. The summed E-state index contributed by atoms with van der Waals surface area (Å²) < 4.78 is 0. The lowest BCUT2D eigenvalue weighted by Crippen LogP contribution is -2.22. The maximum Gasteiger partial charge on any atom is 0.235 e. The smallest absolute Gasteiger partial charge is 0.235 e. The van der Waals surface area contributed by atoms with E-state index in [1.54, 1.807) is 36.0 Å². The molecule has 0 bridgehead atoms. The molecule has 0 heterocycles. The minimum atomic E-state index is -0.352. The van der Waals surface area contributed by atoms with Crippen LogP contribution in [0.3, 0.4) is 0 Å². The van der Waals surface area contributed by atoms with E-state index in [0.29, 0.717) is 16.7 Å². The molecule has 0 aliphatic rings. The third-order valence-electron chi connectivity index (χ3n) is 2.89. The van der Waals surface area contributed by atoms with Crippen LogP contribution in [0.1, 0.15) is 37.1 Å². The Morgan fingerprint density at radius 3 is 2.22 bits per heavy atom. The molecular formula is C14H18N2OS. The number of hydrogen-bond acceptors (Lipinski definition) is 3. The molecule has 18 heavy (non-hydrogen) atoms. The number of primary amides is 1. The van der Waals surface area contributed by atoms with Crippen LogP contribution in [-0.4, -0.2) is 11.2 Å². The molecule has 1 aromatic rings. The van der Waals surface area contributed by atoms with Gasteiger partial charge in [0.05, 0.1) is 11.6 Å². The van der Waals surface area contributed by atoms with Crippen LogP contribution in [0.25, 0.3) is 0 Å². The van der Waals surface area contributed by atoms with Crippen LogP contribution in [-0.2, 0) is 4.79 Å². The fraction of sp³-hybridized carbons (Fsp3) is 0.429. The summed E-state index contributed by atoms with van der Waals surface area (Å²) in [6, 6.07) is 9.09. The topological polar surface area (TPSA) is 66.9 Å². The second-order valence-electron chi connectivity index (χ2n) is 4.60. The zero-order valence-electron chi connectivity index (χ0n) is 10.9. The molecule has 96 valence electrons. The van der Waals surface area contributed by atoms with Crippen molar-refractivity contribution in [3.05, 3.63) is 35.4 Å². The lowest BCUT2D eigenvalue weighted by atomic mass is 10.1. The molecule has 0 saturated heterocycles. The number of carbonyl (C=O) groups excluding carboxylic acids is 1. The number of nitriles is 1. The molecule has 0 saturated carbocycles. The lowest BCUT2D eigenvalue weighted by Gasteiger charge is -2.21. The van der Waals surface area contributed by atoms with Crippen LogP contribution in [0.2, 0.25) is 0 Å². The van der Waals surface area contributed by atoms with Gasteiger partial charge in [-0.1, -0.05) is 32.9 Å². The first-order valence-electron chi connectivity index (χ1n) is 5.90. The highest BCUT2D eigenvalue weighted by Gasteiger charge is 2.22. The molecular weight excluding hydrogens is 244 g/mol. The molecule has 2 atom stereocenters. The summed E-state index contributed by atoms with van der Waals surface area (Å²) in [7, 11) is 0. The summed E-state index contributed by atoms with van der Waals surface area (Å²) in [6.07, 6.45) is 0. The minimum Gasteiger partial charge on any atom is -0.368 e. The number of benzene rings is 1. The van der Waals surface area contributed by atoms with Crippen molar-refractivity contribution in [1.82, 2.24) is 0 Å². The number of hydrogen-bond donors (Lipinski definition) is 1. The Kier molecular flexibility index (Phi) is 5.24. The van der Waals surface area contributed by atoms with E-state index >= 15 is 0 Å². The molecule has 0 aliphatic carbocycles. The van der Waals surface area contributed by atoms with Gasteiger partial charge in [-0.25, -0.2) is 0 Å². The van der Waals surface area contributed by atoms with Gasteiger partial charge in [0.1, 0.15) is 5.25 Å². The Labute approximate surface area is 112 Å². The molecule has 0 unspecified atom stereocenters. The maximum atomic E-state index is 11.5. The van der Waals surface area contributed by atoms with E-state index in [1.807, 2.05) is 0 Å². The normalized spacial score (nSPS) is 13.9. The van der Waals surface area contributed by atoms with E-state index in [-0.39, 0.29) is 11.2 Å². The van der Waals surface area contributed by atoms with E-state index in [9.17, 15) is 4.79 Å². The molecule has 4 heteroatoms. The number of nitrogens with two attached hydrogens (primary N) is 1. The van der Waals surface area contributed by atoms with Crippen molar-refractivity contribution in [3.8, 4) is 6.07 Å². The van der Waals surface area contributed by atoms with Crippen LogP contribution in [0.5, 0.6) is 0 Å². The van der Waals surface area contributed by atoms with Crippen LogP contribution in [0.4, 0.5) is 0 Å². The third kappa shape index (κ3) is 3.78. The summed E-state index contributed by atoms with van der Waals surface area (Å²) in [5, 5.41) is 8.74. The van der Waals surface area contributed by atoms with Crippen LogP contribution < -0.4 is 5.73 Å². The number of carbonyl (C=O) groups is 1. The van der Waals surface area contributed by atoms with Gasteiger partial charge < -0.3 is 5.73 Å². The Morgan fingerprint density at radius 1 is 1.28 bits per heavy atom. The number of rotatable bonds is 5. The van der Waals surface area contributed by atoms with Crippen LogP contribution in [0.15, 0.2) is 24.3 Å². The van der Waals surface area contributed by atoms with E-state index in [2.05, 4.69) is 26.8 Å². The van der Waals surface area contributed by atoms with Crippen molar-refractivity contribution in [3.63, 3.8) is 0 Å². The first kappa shape index (κ1) is 14.6. The number of nitrogens with zero attached hydrogens (tertiary/aromatic N) is 1. The summed E-state index contributed by atoms with van der Waals surface area (Å²) in [6.45, 7) is 6.33. The predicted octanol–water partition coefficient (Wildman–Crippen LogP) is 2.86. The molecule has 0 fully saturated rings. The van der Waals surface area contributed by atoms with Gasteiger partial charge in [0.15, 0.2) is 0 Å². The molecule has 3 nitrogen and oxygen atoms in total. The molecule has 0 spiro atoms. The molecule has 0 radical (unpaired) electrons. The fourth-order valence-corrected chi connectivity index (χ4v) is 2.61. The van der Waals surface area contributed by atoms with Gasteiger partial charge in [-0.2, -0.15) is 5.26 Å². The largest absolute Gasteiger partial charge is 0.368 e. The summed E-state index contributed by atoms with van der Waals surface area (Å²) >= 11 is 1.57. The maximum absolute atomic E-state index is 11.5. The highest BCUT2D eigenvalue weighted by atomic mass is 32.2. The first-order valence-corrected chi connectivity index (χ1v) is 6.84. The lowest BCUT2D eigenvalue weighted by molar-refractivity contribution is -0.117. The van der Waals surface area contributed by atoms with Crippen molar-refractivity contribution >= 4 is 17.7 Å². The van der Waals surface area contributed by atoms with Crippen molar-refractivity contribution in [2.45, 2.75) is 31.3 Å². The van der Waals surface area contributed by atoms with Crippen molar-refractivity contribution < 1.29 is 4.79 Å². The molecule has 1 rings (SSSR count). The first-order chi connectivity index (χ1) is 8.45. The fourth-order valence-electron chi connectivity index (χ4n) is 1.41. The van der Waals surface area contributed by atoms with Gasteiger partial charge in [0, 0.05) is 5.25 Å². The van der Waals surface area contributed by atoms with E-state index in [4.69, 9.17) is 11.0 Å². The standard InChI is InChI=1S/C14H18N2OS/c1-9(2)10(3)18-13(14(16)17)12-6-4-11(8-15)5-7-12/h4-7,9-10,13H,1-3H3,(H2,16,17)/t10-,13+/m0/s1. The van der Waals surface area contributed by atoms with Gasteiger partial charge in [-0.05, 0) is 23.6 Å². The van der Waals surface area contributed by atoms with Gasteiger partial charge in [0.2, 0.25) is 5.91 Å². The molecule has 2 N–H and O–H groups in total. The Bertz CT molecular complexity index is 448. The van der Waals surface area contributed by atoms with Gasteiger partial charge in [-0.3, -0.25) is 4.79 Å². The molecule has 1 aromatic carbocycles. The zero-order chi connectivity index (χ0) is 13.7. The summed E-state index contributed by atoms with van der Waals surface area (Å²) in [5.74, 6) is 0.146. The molecule has 0 aliphatic heterocycles. The monoisotopic (exact) mass is 262 g/mol. The van der Waals surface area contributed by atoms with E-state index in [1.165, 1.54) is 0 Å². The second kappa shape index (κ2) is 6.46. The Balaban J connectivity index is 2.91. The Hall–Kier alpha value is -1.47. The van der Waals surface area contributed by atoms with Crippen molar-refractivity contribution in [2.75, 3.05) is 0 Å².